The fourth-order valence-electron chi connectivity index (χ4n) is 2.36. The number of nitrogens with zero attached hydrogens (tertiary/aromatic N) is 1. The highest BCUT2D eigenvalue weighted by Gasteiger charge is 2.21. The molecule has 2 unspecified atom stereocenters. The predicted molar refractivity (Wildman–Crippen MR) is 90.4 cm³/mol. The van der Waals surface area contributed by atoms with Gasteiger partial charge >= 0.3 is 0 Å². The zero-order chi connectivity index (χ0) is 17.2. The van der Waals surface area contributed by atoms with Crippen LogP contribution in [0.25, 0.3) is 0 Å². The summed E-state index contributed by atoms with van der Waals surface area (Å²) in [4.78, 5) is 31.1. The maximum Gasteiger partial charge on any atom is 0.243 e. The Hall–Kier alpha value is -1.58. The lowest BCUT2D eigenvalue weighted by Crippen LogP contribution is -2.47. The molecule has 1 aromatic heterocycles. The second kappa shape index (κ2) is 10.3. The van der Waals surface area contributed by atoms with E-state index in [0.717, 1.165) is 19.4 Å². The molecule has 2 rings (SSSR count). The topological polar surface area (TPSA) is 116 Å². The molecule has 2 amide bonds. The highest BCUT2D eigenvalue weighted by Crippen LogP contribution is 2.20. The van der Waals surface area contributed by atoms with E-state index in [1.165, 1.54) is 0 Å². The molecule has 0 aromatic carbocycles. The summed E-state index contributed by atoms with van der Waals surface area (Å²) < 4.78 is 5.38. The van der Waals surface area contributed by atoms with Crippen LogP contribution in [-0.4, -0.2) is 63.8 Å². The number of ether oxygens (including phenoxy) is 1. The average Bonchev–Trinajstić information content (AvgIpc) is 3.12. The minimum atomic E-state index is -0.749. The van der Waals surface area contributed by atoms with E-state index in [9.17, 15) is 9.59 Å². The van der Waals surface area contributed by atoms with Crippen LogP contribution in [0, 0.1) is 0 Å². The Morgan fingerprint density at radius 3 is 3.08 bits per heavy atom. The first-order valence-corrected chi connectivity index (χ1v) is 9.09. The molecule has 4 N–H and O–H groups in total. The molecule has 1 aliphatic heterocycles. The lowest BCUT2D eigenvalue weighted by Gasteiger charge is -2.22. The fourth-order valence-corrected chi connectivity index (χ4v) is 3.35. The number of aromatic amines is 1. The Morgan fingerprint density at radius 1 is 1.54 bits per heavy atom. The summed E-state index contributed by atoms with van der Waals surface area (Å²) in [6.45, 7) is 1.53. The summed E-state index contributed by atoms with van der Waals surface area (Å²) in [5.74, 6) is 0.365. The molecule has 1 aromatic rings. The van der Waals surface area contributed by atoms with E-state index in [-0.39, 0.29) is 37.1 Å². The summed E-state index contributed by atoms with van der Waals surface area (Å²) in [6, 6.07) is -0.749. The normalized spacial score (nSPS) is 18.8. The molecule has 1 fully saturated rings. The first-order chi connectivity index (χ1) is 11.7. The monoisotopic (exact) mass is 356 g/mol. The van der Waals surface area contributed by atoms with Crippen LogP contribution < -0.4 is 10.6 Å². The minimum absolute atomic E-state index is 0.174. The Morgan fingerprint density at radius 2 is 2.42 bits per heavy atom. The number of nitrogens with one attached hydrogen (secondary N) is 3. The molecule has 0 saturated carbocycles. The Labute approximate surface area is 145 Å². The Balaban J connectivity index is 1.73. The molecule has 1 aliphatic rings. The number of aliphatic hydroxyl groups is 1. The van der Waals surface area contributed by atoms with Crippen LogP contribution in [-0.2, 0) is 20.9 Å². The van der Waals surface area contributed by atoms with E-state index in [1.807, 2.05) is 0 Å². The van der Waals surface area contributed by atoms with Crippen molar-refractivity contribution in [2.75, 3.05) is 25.6 Å². The van der Waals surface area contributed by atoms with Gasteiger partial charge in [-0.1, -0.05) is 0 Å². The van der Waals surface area contributed by atoms with Gasteiger partial charge in [-0.2, -0.15) is 0 Å². The third-order valence-electron chi connectivity index (χ3n) is 3.62. The van der Waals surface area contributed by atoms with Gasteiger partial charge < -0.3 is 25.5 Å². The number of rotatable bonds is 9. The van der Waals surface area contributed by atoms with E-state index >= 15 is 0 Å². The van der Waals surface area contributed by atoms with Crippen molar-refractivity contribution >= 4 is 23.6 Å². The van der Waals surface area contributed by atoms with Crippen LogP contribution in [0.3, 0.4) is 0 Å². The van der Waals surface area contributed by atoms with Crippen LogP contribution in [0.15, 0.2) is 12.4 Å². The number of aromatic nitrogens is 2. The van der Waals surface area contributed by atoms with Crippen molar-refractivity contribution < 1.29 is 19.4 Å². The summed E-state index contributed by atoms with van der Waals surface area (Å²) in [5.41, 5.74) is 0. The molecule has 9 heteroatoms. The average molecular weight is 356 g/mol. The van der Waals surface area contributed by atoms with Crippen LogP contribution in [0.5, 0.6) is 0 Å². The molecule has 24 heavy (non-hydrogen) atoms. The summed E-state index contributed by atoms with van der Waals surface area (Å²) in [6.07, 6.45) is 5.50. The summed E-state index contributed by atoms with van der Waals surface area (Å²) >= 11 is 1.54. The van der Waals surface area contributed by atoms with Gasteiger partial charge in [0.1, 0.15) is 11.9 Å². The molecule has 8 nitrogen and oxygen atoms in total. The van der Waals surface area contributed by atoms with Gasteiger partial charge in [0.05, 0.1) is 18.9 Å². The van der Waals surface area contributed by atoms with Crippen molar-refractivity contribution in [3.8, 4) is 0 Å². The van der Waals surface area contributed by atoms with Crippen LogP contribution >= 0.6 is 11.8 Å². The number of aliphatic hydroxyl groups excluding tert-OH is 1. The number of thioether (sulfide) groups is 1. The molecule has 0 spiro atoms. The molecule has 1 saturated heterocycles. The SMILES string of the molecule is O=C(CSC1CCCOC1)NC(CCO)C(=O)NCc1ncc[nH]1. The van der Waals surface area contributed by atoms with Gasteiger partial charge in [-0.25, -0.2) is 4.98 Å². The van der Waals surface area contributed by atoms with Gasteiger partial charge in [0.25, 0.3) is 0 Å². The second-order valence-electron chi connectivity index (χ2n) is 5.54. The molecule has 2 heterocycles. The van der Waals surface area contributed by atoms with Crippen molar-refractivity contribution in [1.82, 2.24) is 20.6 Å². The highest BCUT2D eigenvalue weighted by atomic mass is 32.2. The molecule has 0 aliphatic carbocycles. The Bertz CT molecular complexity index is 506. The van der Waals surface area contributed by atoms with Crippen molar-refractivity contribution in [2.24, 2.45) is 0 Å². The van der Waals surface area contributed by atoms with Gasteiger partial charge in [0.15, 0.2) is 0 Å². The van der Waals surface area contributed by atoms with E-state index in [0.29, 0.717) is 17.7 Å². The number of H-pyrrole nitrogens is 1. The highest BCUT2D eigenvalue weighted by molar-refractivity contribution is 8.00. The fraction of sp³-hybridized carbons (Fsp3) is 0.667. The van der Waals surface area contributed by atoms with Crippen LogP contribution in [0.1, 0.15) is 25.1 Å². The van der Waals surface area contributed by atoms with Crippen LogP contribution in [0.2, 0.25) is 0 Å². The molecule has 0 bridgehead atoms. The summed E-state index contributed by atoms with van der Waals surface area (Å²) in [7, 11) is 0. The maximum atomic E-state index is 12.2. The molecule has 0 radical (unpaired) electrons. The van der Waals surface area contributed by atoms with Crippen molar-refractivity contribution in [3.05, 3.63) is 18.2 Å². The molecular weight excluding hydrogens is 332 g/mol. The number of carbonyl (C=O) groups is 2. The van der Waals surface area contributed by atoms with Crippen molar-refractivity contribution in [2.45, 2.75) is 37.1 Å². The number of imidazole rings is 1. The van der Waals surface area contributed by atoms with Crippen molar-refractivity contribution in [3.63, 3.8) is 0 Å². The van der Waals surface area contributed by atoms with E-state index in [1.54, 1.807) is 24.2 Å². The predicted octanol–water partition coefficient (Wildman–Crippen LogP) is -0.195. The third-order valence-corrected chi connectivity index (χ3v) is 4.90. The Kier molecular flexibility index (Phi) is 8.06. The maximum absolute atomic E-state index is 12.2. The number of carbonyl (C=O) groups excluding carboxylic acids is 2. The summed E-state index contributed by atoms with van der Waals surface area (Å²) in [5, 5.41) is 14.8. The van der Waals surface area contributed by atoms with Gasteiger partial charge in [0, 0.05) is 30.9 Å². The zero-order valence-corrected chi connectivity index (χ0v) is 14.3. The largest absolute Gasteiger partial charge is 0.396 e. The van der Waals surface area contributed by atoms with Gasteiger partial charge in [-0.05, 0) is 19.3 Å². The van der Waals surface area contributed by atoms with Crippen molar-refractivity contribution in [1.29, 1.82) is 0 Å². The number of hydrogen-bond acceptors (Lipinski definition) is 6. The lowest BCUT2D eigenvalue weighted by molar-refractivity contribution is -0.128. The van der Waals surface area contributed by atoms with E-state index < -0.39 is 6.04 Å². The molecule has 2 atom stereocenters. The first-order valence-electron chi connectivity index (χ1n) is 8.04. The number of amides is 2. The zero-order valence-electron chi connectivity index (χ0n) is 13.5. The molecular formula is C15H24N4O4S. The lowest BCUT2D eigenvalue weighted by atomic mass is 10.2. The second-order valence-corrected chi connectivity index (χ2v) is 6.82. The smallest absolute Gasteiger partial charge is 0.243 e. The van der Waals surface area contributed by atoms with Gasteiger partial charge in [-0.3, -0.25) is 9.59 Å². The van der Waals surface area contributed by atoms with E-state index in [4.69, 9.17) is 9.84 Å². The first kappa shape index (κ1) is 18.8. The van der Waals surface area contributed by atoms with Crippen LogP contribution in [0.4, 0.5) is 0 Å². The number of hydrogen-bond donors (Lipinski definition) is 4. The minimum Gasteiger partial charge on any atom is -0.396 e. The quantitative estimate of drug-likeness (QED) is 0.487. The van der Waals surface area contributed by atoms with E-state index in [2.05, 4.69) is 20.6 Å². The van der Waals surface area contributed by atoms with Gasteiger partial charge in [-0.15, -0.1) is 11.8 Å². The third kappa shape index (κ3) is 6.50. The standard InChI is InChI=1S/C15H24N4O4S/c20-6-3-12(15(22)18-8-13-16-4-5-17-13)19-14(21)10-24-11-2-1-7-23-9-11/h4-5,11-12,20H,1-3,6-10H2,(H,16,17)(H,18,22)(H,19,21). The molecule has 134 valence electrons. The van der Waals surface area contributed by atoms with Gasteiger partial charge in [0.2, 0.25) is 11.8 Å².